The molecule has 12 heavy (non-hydrogen) atoms. The third-order valence-electron chi connectivity index (χ3n) is 0.677. The van der Waals surface area contributed by atoms with Crippen molar-refractivity contribution in [2.45, 2.75) is 26.7 Å². The standard InChI is InChI=1S/C6H12.CH3N.2CH4S/c1-4-5-6(2)3;3*1-2/h2,4-5H2,1,3H3;2H,1H2;2*2H,1H3. The number of nitrogens with one attached hydrogen (secondary N) is 1. The van der Waals surface area contributed by atoms with Crippen molar-refractivity contribution in [1.29, 1.82) is 5.41 Å². The van der Waals surface area contributed by atoms with Gasteiger partial charge in [-0.05, 0) is 32.6 Å². The Morgan fingerprint density at radius 3 is 1.42 bits per heavy atom. The van der Waals surface area contributed by atoms with Crippen LogP contribution in [0.3, 0.4) is 0 Å². The lowest BCUT2D eigenvalue weighted by atomic mass is 10.2. The van der Waals surface area contributed by atoms with Gasteiger partial charge in [-0.15, -0.1) is 6.58 Å². The normalized spacial score (nSPS) is 5.50. The summed E-state index contributed by atoms with van der Waals surface area (Å²) >= 11 is 7.06. The second-order valence-corrected chi connectivity index (χ2v) is 1.71. The van der Waals surface area contributed by atoms with Gasteiger partial charge in [-0.3, -0.25) is 0 Å². The van der Waals surface area contributed by atoms with E-state index in [4.69, 9.17) is 5.41 Å². The SMILES string of the molecule is C=C(C)CCC.C=N.CS.CS. The molecule has 0 heterocycles. The summed E-state index contributed by atoms with van der Waals surface area (Å²) in [5.74, 6) is 0. The highest BCUT2D eigenvalue weighted by atomic mass is 32.1. The smallest absolute Gasteiger partial charge is 0.0187 e. The second-order valence-electron chi connectivity index (χ2n) is 1.71. The van der Waals surface area contributed by atoms with Crippen molar-refractivity contribution in [2.24, 2.45) is 0 Å². The molecule has 0 radical (unpaired) electrons. The van der Waals surface area contributed by atoms with Gasteiger partial charge in [0.2, 0.25) is 0 Å². The van der Waals surface area contributed by atoms with Gasteiger partial charge in [0.25, 0.3) is 0 Å². The maximum absolute atomic E-state index is 5.50. The lowest BCUT2D eigenvalue weighted by molar-refractivity contribution is 0.910. The van der Waals surface area contributed by atoms with E-state index >= 15 is 0 Å². The molecule has 0 aliphatic carbocycles. The summed E-state index contributed by atoms with van der Waals surface area (Å²) in [5, 5.41) is 5.50. The van der Waals surface area contributed by atoms with Crippen molar-refractivity contribution in [3.8, 4) is 0 Å². The van der Waals surface area contributed by atoms with E-state index in [1.54, 1.807) is 12.5 Å². The summed E-state index contributed by atoms with van der Waals surface area (Å²) in [4.78, 5) is 0. The molecular weight excluding hydrogens is 186 g/mol. The Morgan fingerprint density at radius 2 is 1.42 bits per heavy atom. The molecule has 0 unspecified atom stereocenters. The average Bonchev–Trinajstić information content (AvgIpc) is 2.14. The highest BCUT2D eigenvalue weighted by molar-refractivity contribution is 7.79. The van der Waals surface area contributed by atoms with Crippen molar-refractivity contribution in [3.05, 3.63) is 12.2 Å². The Bertz CT molecular complexity index is 65.5. The first-order valence-corrected chi connectivity index (χ1v) is 5.45. The van der Waals surface area contributed by atoms with Crippen molar-refractivity contribution >= 4 is 32.0 Å². The summed E-state index contributed by atoms with van der Waals surface area (Å²) in [6.45, 7) is 10.5. The summed E-state index contributed by atoms with van der Waals surface area (Å²) in [5.41, 5.74) is 1.29. The first kappa shape index (κ1) is 22.7. The van der Waals surface area contributed by atoms with E-state index in [9.17, 15) is 0 Å². The van der Waals surface area contributed by atoms with Gasteiger partial charge in [-0.1, -0.05) is 18.9 Å². The molecule has 0 aromatic heterocycles. The molecule has 0 aliphatic heterocycles. The van der Waals surface area contributed by atoms with Crippen LogP contribution in [0.1, 0.15) is 26.7 Å². The second kappa shape index (κ2) is 43.5. The van der Waals surface area contributed by atoms with Crippen LogP contribution >= 0.6 is 25.3 Å². The molecule has 0 bridgehead atoms. The molecule has 0 saturated heterocycles. The van der Waals surface area contributed by atoms with Crippen LogP contribution in [0.5, 0.6) is 0 Å². The first-order valence-electron chi connectivity index (χ1n) is 3.66. The van der Waals surface area contributed by atoms with Crippen LogP contribution in [0.15, 0.2) is 12.2 Å². The monoisotopic (exact) mass is 209 g/mol. The summed E-state index contributed by atoms with van der Waals surface area (Å²) in [7, 11) is 0. The van der Waals surface area contributed by atoms with Gasteiger partial charge in [-0.25, -0.2) is 0 Å². The lowest BCUT2D eigenvalue weighted by Crippen LogP contribution is -1.66. The molecule has 0 aliphatic rings. The molecule has 0 amide bonds. The van der Waals surface area contributed by atoms with E-state index in [1.165, 1.54) is 18.4 Å². The van der Waals surface area contributed by atoms with E-state index < -0.39 is 0 Å². The number of thiol groups is 2. The van der Waals surface area contributed by atoms with E-state index in [1.807, 2.05) is 0 Å². The minimum Gasteiger partial charge on any atom is -0.317 e. The Kier molecular flexibility index (Phi) is 82.4. The predicted molar refractivity (Wildman–Crippen MR) is 69.4 cm³/mol. The van der Waals surface area contributed by atoms with Crippen LogP contribution < -0.4 is 0 Å². The minimum absolute atomic E-state index is 1.18. The van der Waals surface area contributed by atoms with Gasteiger partial charge in [-0.2, -0.15) is 25.3 Å². The van der Waals surface area contributed by atoms with Crippen LogP contribution in [-0.4, -0.2) is 19.2 Å². The fourth-order valence-corrected chi connectivity index (χ4v) is 0.427. The molecule has 0 rings (SSSR count). The highest BCUT2D eigenvalue weighted by Gasteiger charge is 1.76. The third kappa shape index (κ3) is 86.7. The molecule has 1 N–H and O–H groups in total. The van der Waals surface area contributed by atoms with Crippen molar-refractivity contribution in [2.75, 3.05) is 12.5 Å². The average molecular weight is 209 g/mol. The number of allylic oxidation sites excluding steroid dienone is 1. The Labute approximate surface area is 89.0 Å². The van der Waals surface area contributed by atoms with E-state index in [2.05, 4.69) is 52.4 Å². The first-order chi connectivity index (χ1) is 5.77. The molecule has 0 saturated carbocycles. The topological polar surface area (TPSA) is 23.9 Å². The van der Waals surface area contributed by atoms with Crippen molar-refractivity contribution < 1.29 is 0 Å². The van der Waals surface area contributed by atoms with Crippen molar-refractivity contribution in [1.82, 2.24) is 0 Å². The number of hydrogen-bond acceptors (Lipinski definition) is 3. The van der Waals surface area contributed by atoms with E-state index in [0.717, 1.165) is 0 Å². The predicted octanol–water partition coefficient (Wildman–Crippen LogP) is 3.72. The molecule has 76 valence electrons. The fraction of sp³-hybridized carbons (Fsp3) is 0.667. The largest absolute Gasteiger partial charge is 0.317 e. The molecule has 0 aromatic carbocycles. The molecule has 0 aromatic rings. The van der Waals surface area contributed by atoms with Crippen LogP contribution in [0.25, 0.3) is 0 Å². The van der Waals surface area contributed by atoms with E-state index in [0.29, 0.717) is 0 Å². The molecule has 1 nitrogen and oxygen atoms in total. The molecule has 0 atom stereocenters. The fourth-order valence-electron chi connectivity index (χ4n) is 0.427. The number of hydrogen-bond donors (Lipinski definition) is 3. The molecule has 0 fully saturated rings. The van der Waals surface area contributed by atoms with Gasteiger partial charge >= 0.3 is 0 Å². The van der Waals surface area contributed by atoms with Gasteiger partial charge in [0.05, 0.1) is 0 Å². The maximum Gasteiger partial charge on any atom is -0.0187 e. The Hall–Kier alpha value is 0.110. The quantitative estimate of drug-likeness (QED) is 0.351. The zero-order valence-corrected chi connectivity index (χ0v) is 10.5. The minimum atomic E-state index is 1.18. The van der Waals surface area contributed by atoms with Crippen LogP contribution in [0, 0.1) is 5.41 Å². The van der Waals surface area contributed by atoms with Gasteiger partial charge in [0, 0.05) is 0 Å². The zero-order valence-electron chi connectivity index (χ0n) is 8.72. The van der Waals surface area contributed by atoms with E-state index in [-0.39, 0.29) is 0 Å². The molecule has 0 spiro atoms. The molecule has 3 heteroatoms. The number of rotatable bonds is 2. The maximum atomic E-state index is 5.50. The third-order valence-corrected chi connectivity index (χ3v) is 0.677. The van der Waals surface area contributed by atoms with Gasteiger partial charge < -0.3 is 5.41 Å². The lowest BCUT2D eigenvalue weighted by Gasteiger charge is -1.87. The Morgan fingerprint density at radius 1 is 1.17 bits per heavy atom. The molecular formula is C9H23NS2. The van der Waals surface area contributed by atoms with Crippen LogP contribution in [0.4, 0.5) is 0 Å². The Balaban J connectivity index is -0.0000000453. The van der Waals surface area contributed by atoms with Crippen LogP contribution in [0.2, 0.25) is 0 Å². The highest BCUT2D eigenvalue weighted by Crippen LogP contribution is 1.96. The van der Waals surface area contributed by atoms with Gasteiger partial charge in [0.15, 0.2) is 0 Å². The van der Waals surface area contributed by atoms with Gasteiger partial charge in [0.1, 0.15) is 0 Å². The van der Waals surface area contributed by atoms with Crippen molar-refractivity contribution in [3.63, 3.8) is 0 Å². The van der Waals surface area contributed by atoms with Crippen LogP contribution in [-0.2, 0) is 0 Å². The zero-order chi connectivity index (χ0) is 11.0. The summed E-state index contributed by atoms with van der Waals surface area (Å²) < 4.78 is 0. The summed E-state index contributed by atoms with van der Waals surface area (Å²) in [6, 6.07) is 0. The summed E-state index contributed by atoms with van der Waals surface area (Å²) in [6.07, 6.45) is 5.80.